The highest BCUT2D eigenvalue weighted by Gasteiger charge is 2.08. The Morgan fingerprint density at radius 2 is 1.76 bits per heavy atom. The van der Waals surface area contributed by atoms with Crippen LogP contribution in [-0.2, 0) is 0 Å². The molecule has 0 aliphatic rings. The number of primary amides is 1. The van der Waals surface area contributed by atoms with E-state index < -0.39 is 5.91 Å². The van der Waals surface area contributed by atoms with Gasteiger partial charge in [-0.3, -0.25) is 4.79 Å². The zero-order chi connectivity index (χ0) is 13.7. The van der Waals surface area contributed by atoms with Crippen LogP contribution in [0.15, 0.2) is 48.5 Å². The first-order valence-corrected chi connectivity index (χ1v) is 6.45. The number of carbonyl (C=O) groups excluding carboxylic acids is 1. The van der Waals surface area contributed by atoms with Crippen LogP contribution in [0.2, 0.25) is 0 Å². The van der Waals surface area contributed by atoms with E-state index in [0.717, 1.165) is 29.8 Å². The lowest BCUT2D eigenvalue weighted by molar-refractivity contribution is 0.100. The van der Waals surface area contributed by atoms with Crippen molar-refractivity contribution in [3.63, 3.8) is 0 Å². The number of nitrogens with two attached hydrogens (primary N) is 1. The average molecular weight is 327 g/mol. The third-order valence-corrected chi connectivity index (χ3v) is 2.95. The van der Waals surface area contributed by atoms with E-state index in [1.165, 1.54) is 0 Å². The van der Waals surface area contributed by atoms with Gasteiger partial charge < -0.3 is 11.1 Å². The third kappa shape index (κ3) is 4.96. The van der Waals surface area contributed by atoms with Crippen molar-refractivity contribution >= 4 is 36.4 Å². The molecule has 114 valence electrons. The van der Waals surface area contributed by atoms with Gasteiger partial charge in [0.05, 0.1) is 0 Å². The number of benzene rings is 2. The van der Waals surface area contributed by atoms with Gasteiger partial charge in [0, 0.05) is 23.4 Å². The molecule has 0 aliphatic heterocycles. The molecule has 2 rings (SSSR count). The molecule has 0 atom stereocenters. The molecule has 0 radical (unpaired) electrons. The van der Waals surface area contributed by atoms with Crippen LogP contribution in [0.1, 0.15) is 23.7 Å². The smallest absolute Gasteiger partial charge is 0.248 e. The molecule has 0 aliphatic carbocycles. The van der Waals surface area contributed by atoms with Gasteiger partial charge in [0.25, 0.3) is 0 Å². The Labute approximate surface area is 137 Å². The molecule has 3 N–H and O–H groups in total. The van der Waals surface area contributed by atoms with E-state index in [1.807, 2.05) is 30.3 Å². The molecule has 0 fully saturated rings. The Kier molecular flexibility index (Phi) is 8.51. The predicted octanol–water partition coefficient (Wildman–Crippen LogP) is 4.12. The van der Waals surface area contributed by atoms with Crippen LogP contribution in [0.5, 0.6) is 0 Å². The monoisotopic (exact) mass is 326 g/mol. The Morgan fingerprint density at radius 3 is 2.33 bits per heavy atom. The molecule has 0 bridgehead atoms. The normalized spacial score (nSPS) is 9.19. The zero-order valence-electron chi connectivity index (χ0n) is 11.8. The lowest BCUT2D eigenvalue weighted by atomic mass is 10.0. The van der Waals surface area contributed by atoms with Gasteiger partial charge >= 0.3 is 0 Å². The molecule has 0 heterocycles. The fraction of sp³-hybridized carbons (Fsp3) is 0.188. The van der Waals surface area contributed by atoms with Gasteiger partial charge in [0.15, 0.2) is 0 Å². The summed E-state index contributed by atoms with van der Waals surface area (Å²) in [5.74, 6) is -0.404. The number of halogens is 2. The fourth-order valence-corrected chi connectivity index (χ4v) is 1.97. The van der Waals surface area contributed by atoms with Crippen LogP contribution in [0.4, 0.5) is 5.69 Å². The van der Waals surface area contributed by atoms with Crippen molar-refractivity contribution < 1.29 is 4.79 Å². The zero-order valence-corrected chi connectivity index (χ0v) is 13.5. The van der Waals surface area contributed by atoms with Crippen molar-refractivity contribution in [3.8, 4) is 11.1 Å². The molecule has 0 saturated carbocycles. The summed E-state index contributed by atoms with van der Waals surface area (Å²) in [5, 5.41) is 3.35. The second kappa shape index (κ2) is 9.27. The number of amides is 1. The minimum Gasteiger partial charge on any atom is -0.385 e. The first kappa shape index (κ1) is 19.3. The average Bonchev–Trinajstić information content (AvgIpc) is 2.45. The summed E-state index contributed by atoms with van der Waals surface area (Å²) >= 11 is 0. The SMILES string of the molecule is CCCNc1cc(C(N)=O)ccc1-c1ccccc1.Cl.Cl. The van der Waals surface area contributed by atoms with Crippen molar-refractivity contribution in [3.05, 3.63) is 54.1 Å². The number of hydrogen-bond acceptors (Lipinski definition) is 2. The molecule has 0 aromatic heterocycles. The highest BCUT2D eigenvalue weighted by Crippen LogP contribution is 2.28. The number of carbonyl (C=O) groups is 1. The first-order valence-electron chi connectivity index (χ1n) is 6.45. The Hall–Kier alpha value is -1.71. The van der Waals surface area contributed by atoms with Crippen molar-refractivity contribution in [1.82, 2.24) is 0 Å². The molecular weight excluding hydrogens is 307 g/mol. The van der Waals surface area contributed by atoms with Gasteiger partial charge in [0.2, 0.25) is 5.91 Å². The van der Waals surface area contributed by atoms with E-state index in [-0.39, 0.29) is 24.8 Å². The van der Waals surface area contributed by atoms with Gasteiger partial charge in [-0.05, 0) is 24.1 Å². The van der Waals surface area contributed by atoms with Crippen molar-refractivity contribution in [1.29, 1.82) is 0 Å². The van der Waals surface area contributed by atoms with Gasteiger partial charge in [0.1, 0.15) is 0 Å². The second-order valence-electron chi connectivity index (χ2n) is 4.42. The maximum Gasteiger partial charge on any atom is 0.248 e. The molecule has 0 saturated heterocycles. The van der Waals surface area contributed by atoms with Crippen molar-refractivity contribution in [2.45, 2.75) is 13.3 Å². The van der Waals surface area contributed by atoms with Crippen LogP contribution in [0.3, 0.4) is 0 Å². The summed E-state index contributed by atoms with van der Waals surface area (Å²) in [6.07, 6.45) is 1.02. The second-order valence-corrected chi connectivity index (χ2v) is 4.42. The minimum absolute atomic E-state index is 0. The topological polar surface area (TPSA) is 55.1 Å². The first-order chi connectivity index (χ1) is 9.22. The van der Waals surface area contributed by atoms with Crippen LogP contribution < -0.4 is 11.1 Å². The number of hydrogen-bond donors (Lipinski definition) is 2. The number of nitrogens with one attached hydrogen (secondary N) is 1. The van der Waals surface area contributed by atoms with Crippen LogP contribution in [0.25, 0.3) is 11.1 Å². The summed E-state index contributed by atoms with van der Waals surface area (Å²) in [5.41, 5.74) is 9.01. The molecule has 5 heteroatoms. The summed E-state index contributed by atoms with van der Waals surface area (Å²) in [7, 11) is 0. The third-order valence-electron chi connectivity index (χ3n) is 2.95. The largest absolute Gasteiger partial charge is 0.385 e. The van der Waals surface area contributed by atoms with Gasteiger partial charge in [-0.25, -0.2) is 0 Å². The molecule has 0 spiro atoms. The van der Waals surface area contributed by atoms with E-state index in [2.05, 4.69) is 24.4 Å². The number of rotatable bonds is 5. The quantitative estimate of drug-likeness (QED) is 0.868. The van der Waals surface area contributed by atoms with Crippen LogP contribution >= 0.6 is 24.8 Å². The molecule has 1 amide bonds. The van der Waals surface area contributed by atoms with E-state index in [0.29, 0.717) is 5.56 Å². The van der Waals surface area contributed by atoms with Gasteiger partial charge in [-0.2, -0.15) is 0 Å². The van der Waals surface area contributed by atoms with E-state index in [9.17, 15) is 4.79 Å². The lowest BCUT2D eigenvalue weighted by Gasteiger charge is -2.13. The predicted molar refractivity (Wildman–Crippen MR) is 93.7 cm³/mol. The lowest BCUT2D eigenvalue weighted by Crippen LogP contribution is -2.12. The summed E-state index contributed by atoms with van der Waals surface area (Å²) in [6, 6.07) is 15.6. The van der Waals surface area contributed by atoms with Crippen LogP contribution in [-0.4, -0.2) is 12.5 Å². The summed E-state index contributed by atoms with van der Waals surface area (Å²) in [6.45, 7) is 2.97. The maximum absolute atomic E-state index is 11.3. The summed E-state index contributed by atoms with van der Waals surface area (Å²) < 4.78 is 0. The Balaban J connectivity index is 0.00000200. The van der Waals surface area contributed by atoms with Crippen molar-refractivity contribution in [2.75, 3.05) is 11.9 Å². The summed E-state index contributed by atoms with van der Waals surface area (Å²) in [4.78, 5) is 11.3. The number of anilines is 1. The Morgan fingerprint density at radius 1 is 1.10 bits per heavy atom. The highest BCUT2D eigenvalue weighted by atomic mass is 35.5. The molecule has 21 heavy (non-hydrogen) atoms. The fourth-order valence-electron chi connectivity index (χ4n) is 1.97. The molecule has 2 aromatic carbocycles. The van der Waals surface area contributed by atoms with E-state index >= 15 is 0 Å². The van der Waals surface area contributed by atoms with Crippen LogP contribution in [0, 0.1) is 0 Å². The Bertz CT molecular complexity index is 574. The molecular formula is C16H20Cl2N2O. The van der Waals surface area contributed by atoms with Crippen molar-refractivity contribution in [2.24, 2.45) is 5.73 Å². The minimum atomic E-state index is -0.404. The molecule has 2 aromatic rings. The van der Waals surface area contributed by atoms with E-state index in [4.69, 9.17) is 5.73 Å². The van der Waals surface area contributed by atoms with Gasteiger partial charge in [-0.15, -0.1) is 24.8 Å². The van der Waals surface area contributed by atoms with Gasteiger partial charge in [-0.1, -0.05) is 43.3 Å². The molecule has 0 unspecified atom stereocenters. The maximum atomic E-state index is 11.3. The highest BCUT2D eigenvalue weighted by molar-refractivity contribution is 5.95. The standard InChI is InChI=1S/C16H18N2O.2ClH/c1-2-10-18-15-11-13(16(17)19)8-9-14(15)12-6-4-3-5-7-12;;/h3-9,11,18H,2,10H2,1H3,(H2,17,19);2*1H. The van der Waals surface area contributed by atoms with E-state index in [1.54, 1.807) is 6.07 Å². The molecule has 3 nitrogen and oxygen atoms in total.